The predicted octanol–water partition coefficient (Wildman–Crippen LogP) is 0.738. The lowest BCUT2D eigenvalue weighted by Crippen LogP contribution is -2.13. The highest BCUT2D eigenvalue weighted by Gasteiger charge is 2.16. The Morgan fingerprint density at radius 2 is 2.28 bits per heavy atom. The maximum atomic E-state index is 11.3. The fourth-order valence-electron chi connectivity index (χ4n) is 1.35. The number of nitrogens with zero attached hydrogens (tertiary/aromatic N) is 3. The monoisotopic (exact) mass is 268 g/mol. The first-order valence-corrected chi connectivity index (χ1v) is 6.73. The van der Waals surface area contributed by atoms with E-state index in [-0.39, 0.29) is 10.8 Å². The van der Waals surface area contributed by atoms with E-state index in [1.165, 1.54) is 24.5 Å². The van der Waals surface area contributed by atoms with Gasteiger partial charge in [0.1, 0.15) is 4.90 Å². The van der Waals surface area contributed by atoms with Gasteiger partial charge in [0.05, 0.1) is 12.4 Å². The molecule has 0 fully saturated rings. The van der Waals surface area contributed by atoms with Crippen LogP contribution >= 0.6 is 0 Å². The zero-order chi connectivity index (χ0) is 13.2. The molecule has 0 aliphatic heterocycles. The van der Waals surface area contributed by atoms with Gasteiger partial charge >= 0.3 is 0 Å². The second-order valence-electron chi connectivity index (χ2n) is 3.49. The molecule has 8 heteroatoms. The molecule has 0 spiro atoms. The number of hydrogen-bond donors (Lipinski definition) is 1. The van der Waals surface area contributed by atoms with Crippen LogP contribution in [0.25, 0.3) is 0 Å². The molecule has 96 valence electrons. The minimum absolute atomic E-state index is 0.0596. The van der Waals surface area contributed by atoms with Crippen LogP contribution < -0.4 is 9.88 Å². The van der Waals surface area contributed by atoms with Crippen molar-refractivity contribution in [1.82, 2.24) is 14.8 Å². The SMILES string of the molecule is CCn1cc(Oc2ncccc2S(N)(=O)=O)cn1. The van der Waals surface area contributed by atoms with Crippen molar-refractivity contribution in [2.24, 2.45) is 5.14 Å². The van der Waals surface area contributed by atoms with Crippen LogP contribution in [0.15, 0.2) is 35.6 Å². The van der Waals surface area contributed by atoms with Crippen LogP contribution in [-0.2, 0) is 16.6 Å². The van der Waals surface area contributed by atoms with Crippen LogP contribution in [0, 0.1) is 0 Å². The van der Waals surface area contributed by atoms with E-state index in [0.717, 1.165) is 0 Å². The van der Waals surface area contributed by atoms with Crippen LogP contribution in [0.1, 0.15) is 6.92 Å². The molecule has 0 saturated heterocycles. The number of pyridine rings is 1. The summed E-state index contributed by atoms with van der Waals surface area (Å²) < 4.78 is 29.7. The van der Waals surface area contributed by atoms with Gasteiger partial charge in [0.25, 0.3) is 0 Å². The lowest BCUT2D eigenvalue weighted by Gasteiger charge is -2.05. The highest BCUT2D eigenvalue weighted by Crippen LogP contribution is 2.24. The van der Waals surface area contributed by atoms with E-state index in [4.69, 9.17) is 9.88 Å². The Morgan fingerprint density at radius 1 is 1.50 bits per heavy atom. The number of primary sulfonamides is 1. The van der Waals surface area contributed by atoms with Crippen molar-refractivity contribution in [1.29, 1.82) is 0 Å². The Morgan fingerprint density at radius 3 is 2.89 bits per heavy atom. The van der Waals surface area contributed by atoms with E-state index in [9.17, 15) is 8.42 Å². The lowest BCUT2D eigenvalue weighted by molar-refractivity contribution is 0.446. The summed E-state index contributed by atoms with van der Waals surface area (Å²) in [5.74, 6) is 0.344. The largest absolute Gasteiger partial charge is 0.434 e. The zero-order valence-electron chi connectivity index (χ0n) is 9.65. The molecule has 2 heterocycles. The molecule has 0 aliphatic carbocycles. The molecule has 0 radical (unpaired) electrons. The van der Waals surface area contributed by atoms with E-state index in [2.05, 4.69) is 10.1 Å². The molecular weight excluding hydrogens is 256 g/mol. The molecule has 0 aromatic carbocycles. The summed E-state index contributed by atoms with van der Waals surface area (Å²) in [7, 11) is -3.87. The summed E-state index contributed by atoms with van der Waals surface area (Å²) >= 11 is 0. The van der Waals surface area contributed by atoms with Gasteiger partial charge in [0.2, 0.25) is 15.9 Å². The topological polar surface area (TPSA) is 100 Å². The normalized spacial score (nSPS) is 11.4. The van der Waals surface area contributed by atoms with Crippen LogP contribution in [0.5, 0.6) is 11.6 Å². The molecule has 18 heavy (non-hydrogen) atoms. The lowest BCUT2D eigenvalue weighted by atomic mass is 10.5. The summed E-state index contributed by atoms with van der Waals surface area (Å²) in [5, 5.41) is 9.08. The van der Waals surface area contributed by atoms with Crippen molar-refractivity contribution >= 4 is 10.0 Å². The number of hydrogen-bond acceptors (Lipinski definition) is 5. The Bertz CT molecular complexity index is 651. The molecule has 7 nitrogen and oxygen atoms in total. The van der Waals surface area contributed by atoms with E-state index in [1.807, 2.05) is 6.92 Å². The van der Waals surface area contributed by atoms with Gasteiger partial charge in [-0.2, -0.15) is 5.10 Å². The van der Waals surface area contributed by atoms with Crippen LogP contribution in [0.3, 0.4) is 0 Å². The first-order chi connectivity index (χ1) is 8.50. The Kier molecular flexibility index (Phi) is 3.30. The molecule has 0 bridgehead atoms. The molecule has 2 aromatic heterocycles. The van der Waals surface area contributed by atoms with Crippen molar-refractivity contribution in [2.75, 3.05) is 0 Å². The fraction of sp³-hybridized carbons (Fsp3) is 0.200. The second-order valence-corrected chi connectivity index (χ2v) is 5.02. The molecule has 2 aromatic rings. The highest BCUT2D eigenvalue weighted by atomic mass is 32.2. The Balaban J connectivity index is 2.35. The molecule has 0 saturated carbocycles. The Hall–Kier alpha value is -1.93. The number of sulfonamides is 1. The minimum atomic E-state index is -3.87. The van der Waals surface area contributed by atoms with Gasteiger partial charge in [-0.05, 0) is 19.1 Å². The first kappa shape index (κ1) is 12.5. The number of ether oxygens (including phenoxy) is 1. The van der Waals surface area contributed by atoms with Crippen molar-refractivity contribution in [3.05, 3.63) is 30.7 Å². The summed E-state index contributed by atoms with van der Waals surface area (Å²) in [6.45, 7) is 2.61. The van der Waals surface area contributed by atoms with Gasteiger partial charge in [-0.1, -0.05) is 0 Å². The molecule has 0 aliphatic rings. The molecule has 2 rings (SSSR count). The van der Waals surface area contributed by atoms with Gasteiger partial charge in [0.15, 0.2) is 5.75 Å². The zero-order valence-corrected chi connectivity index (χ0v) is 10.5. The molecule has 0 unspecified atom stereocenters. The number of nitrogens with two attached hydrogens (primary N) is 1. The second kappa shape index (κ2) is 4.75. The first-order valence-electron chi connectivity index (χ1n) is 5.19. The van der Waals surface area contributed by atoms with Gasteiger partial charge in [-0.25, -0.2) is 18.5 Å². The van der Waals surface area contributed by atoms with Gasteiger partial charge in [0, 0.05) is 12.7 Å². The predicted molar refractivity (Wildman–Crippen MR) is 63.6 cm³/mol. The van der Waals surface area contributed by atoms with E-state index in [1.54, 1.807) is 10.9 Å². The van der Waals surface area contributed by atoms with Gasteiger partial charge in [-0.3, -0.25) is 4.68 Å². The number of aromatic nitrogens is 3. The molecular formula is C10H12N4O3S. The maximum Gasteiger partial charge on any atom is 0.243 e. The molecule has 0 amide bonds. The van der Waals surface area contributed by atoms with Crippen molar-refractivity contribution in [3.8, 4) is 11.6 Å². The fourth-order valence-corrected chi connectivity index (χ4v) is 1.96. The maximum absolute atomic E-state index is 11.3. The van der Waals surface area contributed by atoms with Crippen molar-refractivity contribution < 1.29 is 13.2 Å². The summed E-state index contributed by atoms with van der Waals surface area (Å²) in [6.07, 6.45) is 4.54. The van der Waals surface area contributed by atoms with Crippen LogP contribution in [0.2, 0.25) is 0 Å². The molecule has 0 atom stereocenters. The minimum Gasteiger partial charge on any atom is -0.434 e. The van der Waals surface area contributed by atoms with E-state index < -0.39 is 10.0 Å². The number of rotatable bonds is 4. The number of aryl methyl sites for hydroxylation is 1. The quantitative estimate of drug-likeness (QED) is 0.881. The average Bonchev–Trinajstić information content (AvgIpc) is 2.76. The third-order valence-corrected chi connectivity index (χ3v) is 3.11. The van der Waals surface area contributed by atoms with Crippen molar-refractivity contribution in [3.63, 3.8) is 0 Å². The molecule has 2 N–H and O–H groups in total. The third-order valence-electron chi connectivity index (χ3n) is 2.19. The van der Waals surface area contributed by atoms with Gasteiger partial charge < -0.3 is 4.74 Å². The third kappa shape index (κ3) is 2.66. The standard InChI is InChI=1S/C10H12N4O3S/c1-2-14-7-8(6-13-14)17-10-9(18(11,15)16)4-3-5-12-10/h3-7H,2H2,1H3,(H2,11,15,16). The van der Waals surface area contributed by atoms with Crippen molar-refractivity contribution in [2.45, 2.75) is 18.4 Å². The van der Waals surface area contributed by atoms with Crippen LogP contribution in [0.4, 0.5) is 0 Å². The Labute approximate surface area is 104 Å². The van der Waals surface area contributed by atoms with E-state index >= 15 is 0 Å². The highest BCUT2D eigenvalue weighted by molar-refractivity contribution is 7.89. The van der Waals surface area contributed by atoms with Crippen LogP contribution in [-0.4, -0.2) is 23.2 Å². The smallest absolute Gasteiger partial charge is 0.243 e. The van der Waals surface area contributed by atoms with Gasteiger partial charge in [-0.15, -0.1) is 0 Å². The average molecular weight is 268 g/mol. The van der Waals surface area contributed by atoms with E-state index in [0.29, 0.717) is 12.3 Å². The summed E-state index contributed by atoms with van der Waals surface area (Å²) in [5.41, 5.74) is 0. The summed E-state index contributed by atoms with van der Waals surface area (Å²) in [4.78, 5) is 3.70. The summed E-state index contributed by atoms with van der Waals surface area (Å²) in [6, 6.07) is 2.81.